The maximum Gasteiger partial charge on any atom is 0.341 e. The fraction of sp³-hybridized carbons (Fsp3) is 0.300. The van der Waals surface area contributed by atoms with Gasteiger partial charge in [-0.2, -0.15) is 0 Å². The van der Waals surface area contributed by atoms with Gasteiger partial charge in [0.2, 0.25) is 6.10 Å². The first-order chi connectivity index (χ1) is 12.6. The van der Waals surface area contributed by atoms with Gasteiger partial charge in [0.25, 0.3) is 5.91 Å². The van der Waals surface area contributed by atoms with E-state index in [9.17, 15) is 14.0 Å². The van der Waals surface area contributed by atoms with Gasteiger partial charge in [0.1, 0.15) is 5.82 Å². The molecule has 5 nitrogen and oxygen atoms in total. The molecule has 1 aliphatic heterocycles. The summed E-state index contributed by atoms with van der Waals surface area (Å²) >= 11 is 0. The summed E-state index contributed by atoms with van der Waals surface area (Å²) in [7, 11) is 0. The van der Waals surface area contributed by atoms with Gasteiger partial charge in [0.15, 0.2) is 0 Å². The smallest absolute Gasteiger partial charge is 0.341 e. The van der Waals surface area contributed by atoms with Crippen LogP contribution in [0, 0.1) is 5.82 Å². The fourth-order valence-corrected chi connectivity index (χ4v) is 3.06. The van der Waals surface area contributed by atoms with E-state index in [4.69, 9.17) is 10.5 Å². The summed E-state index contributed by atoms with van der Waals surface area (Å²) in [6, 6.07) is 12.3. The summed E-state index contributed by atoms with van der Waals surface area (Å²) in [5.74, 6) is -1.53. The number of benzene rings is 2. The van der Waals surface area contributed by atoms with Crippen molar-refractivity contribution in [2.24, 2.45) is 0 Å². The SMILES string of the molecule is Nc1cc(F)ccc1C(=O)OC(C(=O)N1CCCCC1)c1ccccc1. The molecule has 6 heteroatoms. The van der Waals surface area contributed by atoms with Crippen molar-refractivity contribution in [3.63, 3.8) is 0 Å². The molecule has 1 amide bonds. The standard InChI is InChI=1S/C20H21FN2O3/c21-15-9-10-16(17(22)13-15)20(25)26-18(14-7-3-1-4-8-14)19(24)23-11-5-2-6-12-23/h1,3-4,7-10,13,18H,2,5-6,11-12,22H2. The fourth-order valence-electron chi connectivity index (χ4n) is 3.06. The Morgan fingerprint density at radius 3 is 2.38 bits per heavy atom. The molecule has 0 radical (unpaired) electrons. The van der Waals surface area contributed by atoms with E-state index < -0.39 is 17.9 Å². The second-order valence-corrected chi connectivity index (χ2v) is 6.31. The number of carbonyl (C=O) groups is 2. The minimum atomic E-state index is -1.05. The Labute approximate surface area is 151 Å². The highest BCUT2D eigenvalue weighted by molar-refractivity contribution is 5.97. The van der Waals surface area contributed by atoms with E-state index in [0.29, 0.717) is 18.7 Å². The summed E-state index contributed by atoms with van der Waals surface area (Å²) in [6.07, 6.45) is 1.91. The minimum absolute atomic E-state index is 0.0211. The quantitative estimate of drug-likeness (QED) is 0.674. The van der Waals surface area contributed by atoms with Crippen molar-refractivity contribution in [1.82, 2.24) is 4.90 Å². The van der Waals surface area contributed by atoms with Crippen LogP contribution in [0.4, 0.5) is 10.1 Å². The Balaban J connectivity index is 1.85. The zero-order chi connectivity index (χ0) is 18.5. The van der Waals surface area contributed by atoms with Crippen molar-refractivity contribution >= 4 is 17.6 Å². The highest BCUT2D eigenvalue weighted by atomic mass is 19.1. The van der Waals surface area contributed by atoms with Crippen LogP contribution in [0.1, 0.15) is 41.3 Å². The second-order valence-electron chi connectivity index (χ2n) is 6.31. The first kappa shape index (κ1) is 17.9. The lowest BCUT2D eigenvalue weighted by Gasteiger charge is -2.30. The highest BCUT2D eigenvalue weighted by Crippen LogP contribution is 2.25. The van der Waals surface area contributed by atoms with Gasteiger partial charge in [-0.3, -0.25) is 4.79 Å². The molecule has 1 aliphatic rings. The lowest BCUT2D eigenvalue weighted by atomic mass is 10.1. The van der Waals surface area contributed by atoms with E-state index in [-0.39, 0.29) is 17.2 Å². The number of amides is 1. The van der Waals surface area contributed by atoms with Crippen molar-refractivity contribution in [1.29, 1.82) is 0 Å². The summed E-state index contributed by atoms with van der Waals surface area (Å²) < 4.78 is 18.7. The molecule has 0 aliphatic carbocycles. The lowest BCUT2D eigenvalue weighted by molar-refractivity contribution is -0.142. The normalized spacial score (nSPS) is 15.3. The monoisotopic (exact) mass is 356 g/mol. The molecule has 0 spiro atoms. The van der Waals surface area contributed by atoms with Crippen LogP contribution in [0.15, 0.2) is 48.5 Å². The second kappa shape index (κ2) is 7.99. The van der Waals surface area contributed by atoms with Crippen LogP contribution in [0.5, 0.6) is 0 Å². The Bertz CT molecular complexity index is 789. The molecular weight excluding hydrogens is 335 g/mol. The number of nitrogens with two attached hydrogens (primary N) is 1. The number of hydrogen-bond donors (Lipinski definition) is 1. The third-order valence-electron chi connectivity index (χ3n) is 4.45. The maximum atomic E-state index is 13.2. The Morgan fingerprint density at radius 1 is 1.04 bits per heavy atom. The number of rotatable bonds is 4. The number of carbonyl (C=O) groups excluding carboxylic acids is 2. The average molecular weight is 356 g/mol. The number of ether oxygens (including phenoxy) is 1. The molecule has 3 rings (SSSR count). The first-order valence-electron chi connectivity index (χ1n) is 8.66. The molecule has 26 heavy (non-hydrogen) atoms. The van der Waals surface area contributed by atoms with Crippen molar-refractivity contribution in [2.75, 3.05) is 18.8 Å². The number of halogens is 1. The van der Waals surface area contributed by atoms with E-state index in [1.54, 1.807) is 29.2 Å². The number of nitrogen functional groups attached to an aromatic ring is 1. The first-order valence-corrected chi connectivity index (χ1v) is 8.66. The molecule has 2 N–H and O–H groups in total. The van der Waals surface area contributed by atoms with Gasteiger partial charge in [-0.1, -0.05) is 30.3 Å². The van der Waals surface area contributed by atoms with Crippen LogP contribution in [-0.2, 0) is 9.53 Å². The number of esters is 1. The van der Waals surface area contributed by atoms with E-state index in [2.05, 4.69) is 0 Å². The topological polar surface area (TPSA) is 72.6 Å². The highest BCUT2D eigenvalue weighted by Gasteiger charge is 2.31. The molecular formula is C20H21FN2O3. The predicted molar refractivity (Wildman–Crippen MR) is 95.8 cm³/mol. The molecule has 1 heterocycles. The number of nitrogens with zero attached hydrogens (tertiary/aromatic N) is 1. The largest absolute Gasteiger partial charge is 0.444 e. The molecule has 1 fully saturated rings. The Hall–Kier alpha value is -2.89. The van der Waals surface area contributed by atoms with Crippen LogP contribution >= 0.6 is 0 Å². The van der Waals surface area contributed by atoms with Crippen molar-refractivity contribution in [3.05, 3.63) is 65.5 Å². The van der Waals surface area contributed by atoms with E-state index >= 15 is 0 Å². The van der Waals surface area contributed by atoms with Gasteiger partial charge in [-0.25, -0.2) is 9.18 Å². The summed E-state index contributed by atoms with van der Waals surface area (Å²) in [5.41, 5.74) is 6.33. The molecule has 1 unspecified atom stereocenters. The Morgan fingerprint density at radius 2 is 1.73 bits per heavy atom. The number of piperidine rings is 1. The van der Waals surface area contributed by atoms with Crippen molar-refractivity contribution in [2.45, 2.75) is 25.4 Å². The van der Waals surface area contributed by atoms with Gasteiger partial charge in [-0.15, -0.1) is 0 Å². The van der Waals surface area contributed by atoms with Gasteiger partial charge in [0, 0.05) is 24.3 Å². The molecule has 0 aromatic heterocycles. The summed E-state index contributed by atoms with van der Waals surface area (Å²) in [4.78, 5) is 27.2. The molecule has 1 atom stereocenters. The van der Waals surface area contributed by atoms with Gasteiger partial charge in [0.05, 0.1) is 5.56 Å². The van der Waals surface area contributed by atoms with Gasteiger partial charge >= 0.3 is 5.97 Å². The zero-order valence-electron chi connectivity index (χ0n) is 14.4. The maximum absolute atomic E-state index is 13.2. The van der Waals surface area contributed by atoms with Gasteiger partial charge in [-0.05, 0) is 37.5 Å². The van der Waals surface area contributed by atoms with Crippen molar-refractivity contribution < 1.29 is 18.7 Å². The zero-order valence-corrected chi connectivity index (χ0v) is 14.4. The van der Waals surface area contributed by atoms with Crippen LogP contribution in [0.3, 0.4) is 0 Å². The summed E-state index contributed by atoms with van der Waals surface area (Å²) in [6.45, 7) is 1.30. The number of likely N-dealkylation sites (tertiary alicyclic amines) is 1. The van der Waals surface area contributed by atoms with E-state index in [0.717, 1.165) is 31.4 Å². The average Bonchev–Trinajstić information content (AvgIpc) is 2.67. The van der Waals surface area contributed by atoms with E-state index in [1.807, 2.05) is 6.07 Å². The van der Waals surface area contributed by atoms with Crippen molar-refractivity contribution in [3.8, 4) is 0 Å². The van der Waals surface area contributed by atoms with E-state index in [1.165, 1.54) is 6.07 Å². The third-order valence-corrected chi connectivity index (χ3v) is 4.45. The molecule has 0 bridgehead atoms. The predicted octanol–water partition coefficient (Wildman–Crippen LogP) is 3.32. The number of anilines is 1. The molecule has 2 aromatic rings. The lowest BCUT2D eigenvalue weighted by Crippen LogP contribution is -2.40. The molecule has 0 saturated carbocycles. The molecule has 136 valence electrons. The van der Waals surface area contributed by atoms with Crippen LogP contribution in [-0.4, -0.2) is 29.9 Å². The molecule has 1 saturated heterocycles. The minimum Gasteiger partial charge on any atom is -0.444 e. The third kappa shape index (κ3) is 4.02. The van der Waals surface area contributed by atoms with Crippen LogP contribution in [0.25, 0.3) is 0 Å². The molecule has 2 aromatic carbocycles. The van der Waals surface area contributed by atoms with Gasteiger partial charge < -0.3 is 15.4 Å². The van der Waals surface area contributed by atoms with Crippen LogP contribution in [0.2, 0.25) is 0 Å². The number of hydrogen-bond acceptors (Lipinski definition) is 4. The summed E-state index contributed by atoms with van der Waals surface area (Å²) in [5, 5.41) is 0. The Kier molecular flexibility index (Phi) is 5.51. The van der Waals surface area contributed by atoms with Crippen LogP contribution < -0.4 is 5.73 Å².